The molecule has 1 heterocycles. The fraction of sp³-hybridized carbons (Fsp3) is 0.0952. The Morgan fingerprint density at radius 2 is 1.94 bits per heavy atom. The normalized spacial score (nSPS) is 14.8. The molecule has 3 amide bonds. The van der Waals surface area contributed by atoms with Gasteiger partial charge in [-0.2, -0.15) is 0 Å². The molecule has 11 heteroatoms. The molecule has 0 unspecified atom stereocenters. The standard InChI is InChI=1S/C21H14BrF3N2O4S/c1-2-7-31-15-6-3-12(22)8-11(15)9-16-20(29)27(21(30)32-16)10-17(28)26-14-5-4-13(23)18(24)19(14)25/h2-6,8-9H,1,7,10H2,(H,26,28)/b16-9+. The molecule has 0 radical (unpaired) electrons. The fourth-order valence-corrected chi connectivity index (χ4v) is 3.85. The first kappa shape index (κ1) is 23.6. The zero-order chi connectivity index (χ0) is 23.4. The van der Waals surface area contributed by atoms with E-state index in [4.69, 9.17) is 4.74 Å². The molecule has 1 fully saturated rings. The number of thioether (sulfide) groups is 1. The first-order valence-electron chi connectivity index (χ1n) is 8.93. The summed E-state index contributed by atoms with van der Waals surface area (Å²) in [6, 6.07) is 6.57. The van der Waals surface area contributed by atoms with Gasteiger partial charge in [-0.1, -0.05) is 28.6 Å². The van der Waals surface area contributed by atoms with Crippen molar-refractivity contribution in [1.29, 1.82) is 0 Å². The van der Waals surface area contributed by atoms with E-state index in [0.29, 0.717) is 38.5 Å². The van der Waals surface area contributed by atoms with E-state index in [1.165, 1.54) is 6.08 Å². The second kappa shape index (κ2) is 10.0. The summed E-state index contributed by atoms with van der Waals surface area (Å²) in [6.45, 7) is 3.06. The quantitative estimate of drug-likeness (QED) is 0.308. The number of amides is 3. The van der Waals surface area contributed by atoms with Gasteiger partial charge in [0.15, 0.2) is 17.5 Å². The summed E-state index contributed by atoms with van der Waals surface area (Å²) in [4.78, 5) is 37.8. The summed E-state index contributed by atoms with van der Waals surface area (Å²) >= 11 is 3.94. The fourth-order valence-electron chi connectivity index (χ4n) is 2.65. The van der Waals surface area contributed by atoms with Crippen molar-refractivity contribution < 1.29 is 32.3 Å². The Morgan fingerprint density at radius 3 is 2.66 bits per heavy atom. The number of halogens is 4. The second-order valence-corrected chi connectivity index (χ2v) is 8.23. The third-order valence-electron chi connectivity index (χ3n) is 4.10. The number of benzene rings is 2. The largest absolute Gasteiger partial charge is 0.489 e. The van der Waals surface area contributed by atoms with E-state index in [1.807, 2.05) is 5.32 Å². The van der Waals surface area contributed by atoms with Crippen LogP contribution in [0.2, 0.25) is 0 Å². The average Bonchev–Trinajstić information content (AvgIpc) is 3.01. The van der Waals surface area contributed by atoms with Crippen molar-refractivity contribution in [2.45, 2.75) is 0 Å². The lowest BCUT2D eigenvalue weighted by molar-refractivity contribution is -0.127. The zero-order valence-electron chi connectivity index (χ0n) is 16.2. The van der Waals surface area contributed by atoms with Crippen LogP contribution in [-0.4, -0.2) is 35.1 Å². The molecule has 32 heavy (non-hydrogen) atoms. The van der Waals surface area contributed by atoms with E-state index in [2.05, 4.69) is 22.5 Å². The number of hydrogen-bond acceptors (Lipinski definition) is 5. The smallest absolute Gasteiger partial charge is 0.294 e. The molecule has 1 aliphatic heterocycles. The maximum Gasteiger partial charge on any atom is 0.294 e. The van der Waals surface area contributed by atoms with E-state index >= 15 is 0 Å². The van der Waals surface area contributed by atoms with Gasteiger partial charge in [0, 0.05) is 10.0 Å². The second-order valence-electron chi connectivity index (χ2n) is 6.32. The van der Waals surface area contributed by atoms with Crippen molar-refractivity contribution in [2.75, 3.05) is 18.5 Å². The number of carbonyl (C=O) groups excluding carboxylic acids is 3. The Morgan fingerprint density at radius 1 is 1.19 bits per heavy atom. The van der Waals surface area contributed by atoms with Crippen molar-refractivity contribution in [3.63, 3.8) is 0 Å². The van der Waals surface area contributed by atoms with Gasteiger partial charge in [0.05, 0.1) is 10.6 Å². The number of imide groups is 1. The lowest BCUT2D eigenvalue weighted by Gasteiger charge is -2.13. The summed E-state index contributed by atoms with van der Waals surface area (Å²) in [5.41, 5.74) is -0.102. The molecular formula is C21H14BrF3N2O4S. The molecule has 3 rings (SSSR count). The van der Waals surface area contributed by atoms with Gasteiger partial charge in [0.1, 0.15) is 18.9 Å². The van der Waals surface area contributed by atoms with E-state index in [0.717, 1.165) is 6.07 Å². The van der Waals surface area contributed by atoms with Crippen LogP contribution in [-0.2, 0) is 9.59 Å². The summed E-state index contributed by atoms with van der Waals surface area (Å²) in [5, 5.41) is 1.30. The van der Waals surface area contributed by atoms with E-state index < -0.39 is 46.7 Å². The van der Waals surface area contributed by atoms with Crippen molar-refractivity contribution in [3.05, 3.63) is 75.4 Å². The maximum absolute atomic E-state index is 13.7. The van der Waals surface area contributed by atoms with Gasteiger partial charge >= 0.3 is 0 Å². The van der Waals surface area contributed by atoms with Crippen molar-refractivity contribution in [1.82, 2.24) is 4.90 Å². The van der Waals surface area contributed by atoms with Gasteiger partial charge in [0.25, 0.3) is 11.1 Å². The highest BCUT2D eigenvalue weighted by Gasteiger charge is 2.36. The number of ether oxygens (including phenoxy) is 1. The summed E-state index contributed by atoms with van der Waals surface area (Å²) < 4.78 is 46.3. The molecule has 0 saturated carbocycles. The average molecular weight is 527 g/mol. The monoisotopic (exact) mass is 526 g/mol. The van der Waals surface area contributed by atoms with Gasteiger partial charge in [-0.15, -0.1) is 0 Å². The van der Waals surface area contributed by atoms with E-state index in [-0.39, 0.29) is 11.5 Å². The first-order valence-corrected chi connectivity index (χ1v) is 10.5. The molecule has 0 aliphatic carbocycles. The van der Waals surface area contributed by atoms with Crippen LogP contribution >= 0.6 is 27.7 Å². The molecular weight excluding hydrogens is 513 g/mol. The molecule has 1 N–H and O–H groups in total. The lowest BCUT2D eigenvalue weighted by Crippen LogP contribution is -2.36. The summed E-state index contributed by atoms with van der Waals surface area (Å²) in [7, 11) is 0. The minimum absolute atomic E-state index is 0.0448. The van der Waals surface area contributed by atoms with Gasteiger partial charge < -0.3 is 10.1 Å². The molecule has 6 nitrogen and oxygen atoms in total. The molecule has 0 spiro atoms. The van der Waals surface area contributed by atoms with Gasteiger partial charge in [-0.3, -0.25) is 19.3 Å². The van der Waals surface area contributed by atoms with Gasteiger partial charge in [-0.25, -0.2) is 13.2 Å². The van der Waals surface area contributed by atoms with Crippen molar-refractivity contribution in [3.8, 4) is 5.75 Å². The highest BCUT2D eigenvalue weighted by atomic mass is 79.9. The van der Waals surface area contributed by atoms with Crippen LogP contribution in [0, 0.1) is 17.5 Å². The SMILES string of the molecule is C=CCOc1ccc(Br)cc1/C=C1/SC(=O)N(CC(=O)Nc2ccc(F)c(F)c2F)C1=O. The van der Waals surface area contributed by atoms with Crippen molar-refractivity contribution in [2.24, 2.45) is 0 Å². The highest BCUT2D eigenvalue weighted by molar-refractivity contribution is 9.10. The third-order valence-corrected chi connectivity index (χ3v) is 5.50. The summed E-state index contributed by atoms with van der Waals surface area (Å²) in [6.07, 6.45) is 3.00. The Kier molecular flexibility index (Phi) is 7.41. The number of nitrogens with one attached hydrogen (secondary N) is 1. The Hall–Kier alpha value is -3.05. The predicted molar refractivity (Wildman–Crippen MR) is 117 cm³/mol. The van der Waals surface area contributed by atoms with Crippen LogP contribution in [0.1, 0.15) is 5.56 Å². The first-order chi connectivity index (χ1) is 15.2. The van der Waals surface area contributed by atoms with E-state index in [9.17, 15) is 27.6 Å². The van der Waals surface area contributed by atoms with E-state index in [1.54, 1.807) is 24.3 Å². The Bertz CT molecular complexity index is 1160. The zero-order valence-corrected chi connectivity index (χ0v) is 18.6. The molecule has 2 aromatic rings. The number of anilines is 1. The van der Waals surface area contributed by atoms with Crippen LogP contribution in [0.3, 0.4) is 0 Å². The van der Waals surface area contributed by atoms with Crippen molar-refractivity contribution >= 4 is 56.5 Å². The van der Waals surface area contributed by atoms with Crippen LogP contribution in [0.25, 0.3) is 6.08 Å². The Balaban J connectivity index is 1.77. The summed E-state index contributed by atoms with van der Waals surface area (Å²) in [5.74, 6) is -6.01. The van der Waals surface area contributed by atoms with Crippen LogP contribution in [0.15, 0.2) is 52.4 Å². The molecule has 2 aromatic carbocycles. The minimum Gasteiger partial charge on any atom is -0.489 e. The third kappa shape index (κ3) is 5.22. The molecule has 166 valence electrons. The highest BCUT2D eigenvalue weighted by Crippen LogP contribution is 2.35. The van der Waals surface area contributed by atoms with Gasteiger partial charge in [-0.05, 0) is 48.2 Å². The Labute approximate surface area is 193 Å². The maximum atomic E-state index is 13.7. The predicted octanol–water partition coefficient (Wildman–Crippen LogP) is 5.11. The number of carbonyl (C=O) groups is 3. The topological polar surface area (TPSA) is 75.7 Å². The number of hydrogen-bond donors (Lipinski definition) is 1. The molecule has 1 saturated heterocycles. The number of rotatable bonds is 7. The molecule has 1 aliphatic rings. The van der Waals surface area contributed by atoms with Crippen LogP contribution < -0.4 is 10.1 Å². The molecule has 0 bridgehead atoms. The minimum atomic E-state index is -1.75. The lowest BCUT2D eigenvalue weighted by atomic mass is 10.2. The van der Waals surface area contributed by atoms with Gasteiger partial charge in [0.2, 0.25) is 5.91 Å². The number of nitrogens with zero attached hydrogens (tertiary/aromatic N) is 1. The van der Waals surface area contributed by atoms with Crippen LogP contribution in [0.4, 0.5) is 23.7 Å². The molecule has 0 aromatic heterocycles. The van der Waals surface area contributed by atoms with Crippen LogP contribution in [0.5, 0.6) is 5.75 Å². The molecule has 0 atom stereocenters.